The second-order valence-corrected chi connectivity index (χ2v) is 6.44. The third-order valence-electron chi connectivity index (χ3n) is 4.02. The van der Waals surface area contributed by atoms with Crippen LogP contribution in [0.1, 0.15) is 27.7 Å². The van der Waals surface area contributed by atoms with Gasteiger partial charge in [-0.2, -0.15) is 0 Å². The van der Waals surface area contributed by atoms with Crippen molar-refractivity contribution in [1.82, 2.24) is 10.3 Å². The van der Waals surface area contributed by atoms with Crippen LogP contribution >= 0.6 is 11.3 Å². The van der Waals surface area contributed by atoms with Crippen LogP contribution < -0.4 is 5.32 Å². The number of nitrogens with zero attached hydrogens (tertiary/aromatic N) is 1. The Bertz CT molecular complexity index is 776. The number of hydrogen-bond acceptors (Lipinski definition) is 3. The zero-order chi connectivity index (χ0) is 13.5. The molecular weight excluding hydrogens is 264 g/mol. The fourth-order valence-corrected chi connectivity index (χ4v) is 4.00. The lowest BCUT2D eigenvalue weighted by Gasteiger charge is -2.24. The topological polar surface area (TPSA) is 24.9 Å². The largest absolute Gasteiger partial charge is 0.304 e. The lowest BCUT2D eigenvalue weighted by Crippen LogP contribution is -2.28. The summed E-state index contributed by atoms with van der Waals surface area (Å²) in [5.41, 5.74) is 5.29. The summed E-state index contributed by atoms with van der Waals surface area (Å²) < 4.78 is 1.29. The SMILES string of the molecule is Cc1cccc2sc(C3Cc4ccccc4CN3)nc12. The molecule has 1 unspecified atom stereocenters. The molecule has 100 valence electrons. The molecule has 1 aliphatic heterocycles. The van der Waals surface area contributed by atoms with Crippen LogP contribution in [0.5, 0.6) is 0 Å². The highest BCUT2D eigenvalue weighted by Crippen LogP contribution is 2.32. The molecule has 0 spiro atoms. The number of para-hydroxylation sites is 1. The number of aryl methyl sites for hydroxylation is 1. The fraction of sp³-hybridized carbons (Fsp3) is 0.235. The van der Waals surface area contributed by atoms with Gasteiger partial charge in [-0.1, -0.05) is 36.4 Å². The second-order valence-electron chi connectivity index (χ2n) is 5.38. The molecule has 0 saturated carbocycles. The van der Waals surface area contributed by atoms with E-state index >= 15 is 0 Å². The minimum Gasteiger partial charge on any atom is -0.304 e. The van der Waals surface area contributed by atoms with Crippen LogP contribution in [0.2, 0.25) is 0 Å². The standard InChI is InChI=1S/C17H16N2S/c1-11-5-4-8-15-16(11)19-17(20-15)14-9-12-6-2-3-7-13(12)10-18-14/h2-8,14,18H,9-10H2,1H3. The number of thiazole rings is 1. The van der Waals surface area contributed by atoms with Crippen LogP contribution in [0.3, 0.4) is 0 Å². The molecule has 0 radical (unpaired) electrons. The van der Waals surface area contributed by atoms with Gasteiger partial charge in [0.25, 0.3) is 0 Å². The van der Waals surface area contributed by atoms with Crippen LogP contribution in [0.15, 0.2) is 42.5 Å². The lowest BCUT2D eigenvalue weighted by molar-refractivity contribution is 0.497. The first-order valence-corrected chi connectivity index (χ1v) is 7.79. The molecule has 1 aromatic heterocycles. The van der Waals surface area contributed by atoms with Gasteiger partial charge in [-0.25, -0.2) is 4.98 Å². The van der Waals surface area contributed by atoms with Gasteiger partial charge in [0.1, 0.15) is 5.01 Å². The van der Waals surface area contributed by atoms with Gasteiger partial charge in [0.05, 0.1) is 16.3 Å². The monoisotopic (exact) mass is 280 g/mol. The van der Waals surface area contributed by atoms with E-state index in [1.54, 1.807) is 0 Å². The Hall–Kier alpha value is -1.71. The molecule has 1 aliphatic rings. The Balaban J connectivity index is 1.72. The van der Waals surface area contributed by atoms with E-state index in [-0.39, 0.29) is 0 Å². The molecule has 1 atom stereocenters. The average molecular weight is 280 g/mol. The number of nitrogens with one attached hydrogen (secondary N) is 1. The predicted molar refractivity (Wildman–Crippen MR) is 84.1 cm³/mol. The highest BCUT2D eigenvalue weighted by molar-refractivity contribution is 7.18. The van der Waals surface area contributed by atoms with Gasteiger partial charge in [0.2, 0.25) is 0 Å². The number of hydrogen-bond donors (Lipinski definition) is 1. The van der Waals surface area contributed by atoms with Crippen molar-refractivity contribution in [2.75, 3.05) is 0 Å². The van der Waals surface area contributed by atoms with Gasteiger partial charge >= 0.3 is 0 Å². The second kappa shape index (κ2) is 4.69. The summed E-state index contributed by atoms with van der Waals surface area (Å²) in [4.78, 5) is 4.86. The lowest BCUT2D eigenvalue weighted by atomic mass is 9.96. The van der Waals surface area contributed by atoms with Crippen LogP contribution in [0.4, 0.5) is 0 Å². The van der Waals surface area contributed by atoms with Gasteiger partial charge in [-0.05, 0) is 36.1 Å². The van der Waals surface area contributed by atoms with Gasteiger partial charge in [0.15, 0.2) is 0 Å². The maximum absolute atomic E-state index is 4.86. The van der Waals surface area contributed by atoms with E-state index in [1.807, 2.05) is 11.3 Å². The van der Waals surface area contributed by atoms with Crippen LogP contribution in [0, 0.1) is 6.92 Å². The Morgan fingerprint density at radius 2 is 1.95 bits per heavy atom. The molecule has 1 N–H and O–H groups in total. The molecule has 2 heterocycles. The highest BCUT2D eigenvalue weighted by Gasteiger charge is 2.22. The highest BCUT2D eigenvalue weighted by atomic mass is 32.1. The van der Waals surface area contributed by atoms with Crippen molar-refractivity contribution in [3.05, 3.63) is 64.2 Å². The molecule has 2 aromatic carbocycles. The number of aromatic nitrogens is 1. The maximum atomic E-state index is 4.86. The Kier molecular flexibility index (Phi) is 2.83. The van der Waals surface area contributed by atoms with E-state index < -0.39 is 0 Å². The molecule has 0 saturated heterocycles. The van der Waals surface area contributed by atoms with Crippen molar-refractivity contribution >= 4 is 21.6 Å². The first-order valence-electron chi connectivity index (χ1n) is 6.97. The molecule has 0 aliphatic carbocycles. The summed E-state index contributed by atoms with van der Waals surface area (Å²) in [7, 11) is 0. The third kappa shape index (κ3) is 1.94. The quantitative estimate of drug-likeness (QED) is 0.729. The molecule has 3 aromatic rings. The van der Waals surface area contributed by atoms with Crippen LogP contribution in [-0.2, 0) is 13.0 Å². The zero-order valence-corrected chi connectivity index (χ0v) is 12.2. The van der Waals surface area contributed by atoms with Crippen molar-refractivity contribution in [3.63, 3.8) is 0 Å². The normalized spacial score (nSPS) is 18.1. The van der Waals surface area contributed by atoms with Crippen LogP contribution in [-0.4, -0.2) is 4.98 Å². The van der Waals surface area contributed by atoms with E-state index in [9.17, 15) is 0 Å². The van der Waals surface area contributed by atoms with Crippen molar-refractivity contribution < 1.29 is 0 Å². The molecule has 20 heavy (non-hydrogen) atoms. The third-order valence-corrected chi connectivity index (χ3v) is 5.15. The summed E-state index contributed by atoms with van der Waals surface area (Å²) in [5.74, 6) is 0. The van der Waals surface area contributed by atoms with Crippen molar-refractivity contribution in [2.24, 2.45) is 0 Å². The summed E-state index contributed by atoms with van der Waals surface area (Å²) in [6.45, 7) is 3.07. The first-order chi connectivity index (χ1) is 9.81. The average Bonchev–Trinajstić information content (AvgIpc) is 2.92. The molecular formula is C17H16N2S. The van der Waals surface area contributed by atoms with Gasteiger partial charge < -0.3 is 5.32 Å². The minimum atomic E-state index is 0.349. The van der Waals surface area contributed by atoms with Gasteiger partial charge in [-0.3, -0.25) is 0 Å². The maximum Gasteiger partial charge on any atom is 0.111 e. The Morgan fingerprint density at radius 1 is 1.10 bits per heavy atom. The molecule has 2 nitrogen and oxygen atoms in total. The zero-order valence-electron chi connectivity index (χ0n) is 11.4. The first kappa shape index (κ1) is 12.1. The number of rotatable bonds is 1. The minimum absolute atomic E-state index is 0.349. The van der Waals surface area contributed by atoms with Crippen molar-refractivity contribution in [2.45, 2.75) is 25.9 Å². The summed E-state index contributed by atoms with van der Waals surface area (Å²) in [5, 5.41) is 4.83. The summed E-state index contributed by atoms with van der Waals surface area (Å²) in [6, 6.07) is 15.5. The molecule has 0 fully saturated rings. The molecule has 4 rings (SSSR count). The predicted octanol–water partition coefficient (Wildman–Crippen LogP) is 3.99. The fourth-order valence-electron chi connectivity index (χ4n) is 2.88. The van der Waals surface area contributed by atoms with Gasteiger partial charge in [-0.15, -0.1) is 11.3 Å². The smallest absolute Gasteiger partial charge is 0.111 e. The van der Waals surface area contributed by atoms with Gasteiger partial charge in [0, 0.05) is 6.54 Å². The van der Waals surface area contributed by atoms with E-state index in [4.69, 9.17) is 4.98 Å². The summed E-state index contributed by atoms with van der Waals surface area (Å²) >= 11 is 1.82. The molecule has 3 heteroatoms. The number of benzene rings is 2. The van der Waals surface area contributed by atoms with E-state index in [0.29, 0.717) is 6.04 Å². The Labute approximate surface area is 122 Å². The molecule has 0 bridgehead atoms. The van der Waals surface area contributed by atoms with E-state index in [0.717, 1.165) is 18.5 Å². The van der Waals surface area contributed by atoms with Crippen molar-refractivity contribution in [1.29, 1.82) is 0 Å². The van der Waals surface area contributed by atoms with Crippen LogP contribution in [0.25, 0.3) is 10.2 Å². The van der Waals surface area contributed by atoms with E-state index in [2.05, 4.69) is 54.7 Å². The Morgan fingerprint density at radius 3 is 2.80 bits per heavy atom. The van der Waals surface area contributed by atoms with Crippen molar-refractivity contribution in [3.8, 4) is 0 Å². The summed E-state index contributed by atoms with van der Waals surface area (Å²) in [6.07, 6.45) is 1.04. The number of fused-ring (bicyclic) bond motifs is 2. The molecule has 0 amide bonds. The van der Waals surface area contributed by atoms with E-state index in [1.165, 1.54) is 26.4 Å².